The van der Waals surface area contributed by atoms with E-state index in [0.717, 1.165) is 5.56 Å². The van der Waals surface area contributed by atoms with Crippen LogP contribution in [0.1, 0.15) is 29.0 Å². The fourth-order valence-corrected chi connectivity index (χ4v) is 1.48. The topological polar surface area (TPSA) is 93.8 Å². The van der Waals surface area contributed by atoms with Gasteiger partial charge >= 0.3 is 0 Å². The lowest BCUT2D eigenvalue weighted by molar-refractivity contribution is 0.0994. The van der Waals surface area contributed by atoms with Gasteiger partial charge in [0.1, 0.15) is 5.82 Å². The van der Waals surface area contributed by atoms with Gasteiger partial charge in [0.25, 0.3) is 5.91 Å². The van der Waals surface area contributed by atoms with Crippen molar-refractivity contribution in [3.8, 4) is 0 Å². The molecule has 1 unspecified atom stereocenters. The number of hydrogen-bond acceptors (Lipinski definition) is 5. The van der Waals surface area contributed by atoms with Crippen LogP contribution < -0.4 is 11.1 Å². The maximum Gasteiger partial charge on any atom is 0.269 e. The molecule has 0 aromatic carbocycles. The molecule has 0 saturated carbocycles. The van der Waals surface area contributed by atoms with Gasteiger partial charge in [0.2, 0.25) is 0 Å². The molecule has 0 bridgehead atoms. The minimum absolute atomic E-state index is 0.0485. The summed E-state index contributed by atoms with van der Waals surface area (Å²) in [5.74, 6) is -0.00860. The second-order valence-electron chi connectivity index (χ2n) is 3.82. The Hall–Kier alpha value is -2.50. The first-order valence-corrected chi connectivity index (χ1v) is 5.47. The van der Waals surface area contributed by atoms with Gasteiger partial charge in [0.05, 0.1) is 6.04 Å². The Bertz CT molecular complexity index is 526. The van der Waals surface area contributed by atoms with Crippen LogP contribution in [0, 0.1) is 0 Å². The number of rotatable bonds is 4. The third-order valence-corrected chi connectivity index (χ3v) is 2.47. The van der Waals surface area contributed by atoms with E-state index in [4.69, 9.17) is 5.73 Å². The molecule has 2 heterocycles. The Morgan fingerprint density at radius 1 is 1.33 bits per heavy atom. The van der Waals surface area contributed by atoms with Crippen molar-refractivity contribution in [3.05, 3.63) is 47.9 Å². The van der Waals surface area contributed by atoms with Gasteiger partial charge < -0.3 is 11.1 Å². The average molecular weight is 243 g/mol. The Kier molecular flexibility index (Phi) is 3.47. The van der Waals surface area contributed by atoms with Crippen LogP contribution in [0.5, 0.6) is 0 Å². The number of nitrogens with zero attached hydrogens (tertiary/aromatic N) is 3. The lowest BCUT2D eigenvalue weighted by Gasteiger charge is -2.13. The molecule has 3 N–H and O–H groups in total. The van der Waals surface area contributed by atoms with Crippen molar-refractivity contribution in [3.63, 3.8) is 0 Å². The third-order valence-electron chi connectivity index (χ3n) is 2.47. The molecule has 0 fully saturated rings. The minimum atomic E-state index is -0.589. The van der Waals surface area contributed by atoms with Gasteiger partial charge in [-0.3, -0.25) is 9.78 Å². The van der Waals surface area contributed by atoms with Gasteiger partial charge in [0, 0.05) is 12.4 Å². The van der Waals surface area contributed by atoms with Crippen LogP contribution >= 0.6 is 0 Å². The van der Waals surface area contributed by atoms with E-state index in [9.17, 15) is 4.79 Å². The highest BCUT2D eigenvalue weighted by Gasteiger charge is 2.07. The smallest absolute Gasteiger partial charge is 0.269 e. The van der Waals surface area contributed by atoms with Crippen molar-refractivity contribution in [2.75, 3.05) is 5.32 Å². The fraction of sp³-hybridized carbons (Fsp3) is 0.167. The number of aromatic nitrogens is 3. The number of amides is 1. The molecule has 0 aliphatic rings. The van der Waals surface area contributed by atoms with E-state index >= 15 is 0 Å². The van der Waals surface area contributed by atoms with Crippen LogP contribution in [0.15, 0.2) is 36.7 Å². The number of nitrogens with one attached hydrogen (secondary N) is 1. The van der Waals surface area contributed by atoms with E-state index in [1.165, 1.54) is 6.07 Å². The summed E-state index contributed by atoms with van der Waals surface area (Å²) in [5.41, 5.74) is 6.27. The summed E-state index contributed by atoms with van der Waals surface area (Å²) in [5, 5.41) is 10.8. The highest BCUT2D eigenvalue weighted by molar-refractivity contribution is 5.90. The zero-order valence-corrected chi connectivity index (χ0v) is 9.87. The number of anilines is 1. The van der Waals surface area contributed by atoms with Crippen molar-refractivity contribution in [2.45, 2.75) is 13.0 Å². The average Bonchev–Trinajstić information content (AvgIpc) is 2.40. The van der Waals surface area contributed by atoms with E-state index < -0.39 is 5.91 Å². The highest BCUT2D eigenvalue weighted by atomic mass is 16.1. The largest absolute Gasteiger partial charge is 0.364 e. The Morgan fingerprint density at radius 2 is 2.17 bits per heavy atom. The molecule has 1 amide bonds. The van der Waals surface area contributed by atoms with Gasteiger partial charge in [-0.15, -0.1) is 10.2 Å². The molecule has 1 atom stereocenters. The van der Waals surface area contributed by atoms with E-state index in [0.29, 0.717) is 5.82 Å². The second kappa shape index (κ2) is 5.22. The number of pyridine rings is 1. The zero-order chi connectivity index (χ0) is 13.0. The molecule has 0 spiro atoms. The van der Waals surface area contributed by atoms with E-state index in [-0.39, 0.29) is 11.7 Å². The van der Waals surface area contributed by atoms with Gasteiger partial charge in [-0.1, -0.05) is 6.07 Å². The Labute approximate surface area is 104 Å². The standard InChI is InChI=1S/C12H13N5O/c1-8(9-3-2-6-14-7-9)15-11-5-4-10(12(13)18)16-17-11/h2-8H,1H3,(H2,13,18)(H,15,17). The second-order valence-corrected chi connectivity index (χ2v) is 3.82. The van der Waals surface area contributed by atoms with Crippen LogP contribution in [0.4, 0.5) is 5.82 Å². The van der Waals surface area contributed by atoms with E-state index in [1.807, 2.05) is 19.1 Å². The molecule has 92 valence electrons. The summed E-state index contributed by atoms with van der Waals surface area (Å²) < 4.78 is 0. The predicted octanol–water partition coefficient (Wildman–Crippen LogP) is 1.14. The minimum Gasteiger partial charge on any atom is -0.364 e. The van der Waals surface area contributed by atoms with Gasteiger partial charge in [0.15, 0.2) is 5.69 Å². The number of carbonyl (C=O) groups excluding carboxylic acids is 1. The monoisotopic (exact) mass is 243 g/mol. The molecule has 2 rings (SSSR count). The summed E-state index contributed by atoms with van der Waals surface area (Å²) in [6.45, 7) is 1.99. The van der Waals surface area contributed by atoms with Crippen LogP contribution in [-0.4, -0.2) is 21.1 Å². The molecule has 2 aromatic rings. The van der Waals surface area contributed by atoms with Crippen LogP contribution in [0.25, 0.3) is 0 Å². The van der Waals surface area contributed by atoms with Crippen molar-refractivity contribution in [1.29, 1.82) is 0 Å². The summed E-state index contributed by atoms with van der Waals surface area (Å²) in [4.78, 5) is 14.9. The molecule has 2 aromatic heterocycles. The fourth-order valence-electron chi connectivity index (χ4n) is 1.48. The van der Waals surface area contributed by atoms with Crippen molar-refractivity contribution < 1.29 is 4.79 Å². The van der Waals surface area contributed by atoms with Crippen molar-refractivity contribution in [2.24, 2.45) is 5.73 Å². The summed E-state index contributed by atoms with van der Waals surface area (Å²) in [6.07, 6.45) is 3.50. The van der Waals surface area contributed by atoms with Crippen LogP contribution in [0.2, 0.25) is 0 Å². The predicted molar refractivity (Wildman–Crippen MR) is 66.8 cm³/mol. The van der Waals surface area contributed by atoms with Crippen molar-refractivity contribution >= 4 is 11.7 Å². The molecular formula is C12H13N5O. The molecule has 18 heavy (non-hydrogen) atoms. The molecular weight excluding hydrogens is 230 g/mol. The van der Waals surface area contributed by atoms with E-state index in [2.05, 4.69) is 20.5 Å². The SMILES string of the molecule is CC(Nc1ccc(C(N)=O)nn1)c1cccnc1. The molecule has 6 nitrogen and oxygen atoms in total. The summed E-state index contributed by atoms with van der Waals surface area (Å²) >= 11 is 0. The van der Waals surface area contributed by atoms with E-state index in [1.54, 1.807) is 18.5 Å². The summed E-state index contributed by atoms with van der Waals surface area (Å²) in [7, 11) is 0. The lowest BCUT2D eigenvalue weighted by Crippen LogP contribution is -2.15. The molecule has 0 saturated heterocycles. The number of nitrogens with two attached hydrogens (primary N) is 1. The van der Waals surface area contributed by atoms with Gasteiger partial charge in [-0.05, 0) is 30.7 Å². The Morgan fingerprint density at radius 3 is 2.72 bits per heavy atom. The number of carbonyl (C=O) groups is 1. The highest BCUT2D eigenvalue weighted by Crippen LogP contribution is 2.15. The first-order chi connectivity index (χ1) is 8.66. The van der Waals surface area contributed by atoms with Crippen molar-refractivity contribution in [1.82, 2.24) is 15.2 Å². The lowest BCUT2D eigenvalue weighted by atomic mass is 10.1. The molecule has 0 radical (unpaired) electrons. The first-order valence-electron chi connectivity index (χ1n) is 5.47. The Balaban J connectivity index is 2.08. The quantitative estimate of drug-likeness (QED) is 0.839. The zero-order valence-electron chi connectivity index (χ0n) is 9.87. The normalized spacial score (nSPS) is 11.8. The molecule has 0 aliphatic carbocycles. The summed E-state index contributed by atoms with van der Waals surface area (Å²) in [6, 6.07) is 7.09. The molecule has 0 aliphatic heterocycles. The number of primary amides is 1. The number of hydrogen-bond donors (Lipinski definition) is 2. The maximum atomic E-state index is 10.8. The van der Waals surface area contributed by atoms with Gasteiger partial charge in [-0.2, -0.15) is 0 Å². The van der Waals surface area contributed by atoms with Gasteiger partial charge in [-0.25, -0.2) is 0 Å². The van der Waals surface area contributed by atoms with Crippen LogP contribution in [-0.2, 0) is 0 Å². The maximum absolute atomic E-state index is 10.8. The molecule has 6 heteroatoms. The van der Waals surface area contributed by atoms with Crippen LogP contribution in [0.3, 0.4) is 0 Å². The third kappa shape index (κ3) is 2.79. The first kappa shape index (κ1) is 12.0.